The summed E-state index contributed by atoms with van der Waals surface area (Å²) in [5.41, 5.74) is 0. The predicted molar refractivity (Wildman–Crippen MR) is 74.5 cm³/mol. The minimum atomic E-state index is -3.51. The zero-order chi connectivity index (χ0) is 15.2. The number of ether oxygens (including phenoxy) is 1. The molecule has 0 amide bonds. The molecule has 1 N–H and O–H groups in total. The van der Waals surface area contributed by atoms with Crippen molar-refractivity contribution >= 4 is 25.8 Å². The van der Waals surface area contributed by atoms with Gasteiger partial charge in [-0.1, -0.05) is 0 Å². The van der Waals surface area contributed by atoms with Crippen LogP contribution in [0.1, 0.15) is 32.6 Å². The van der Waals surface area contributed by atoms with Gasteiger partial charge in [0.2, 0.25) is 10.0 Å². The molecule has 1 heterocycles. The summed E-state index contributed by atoms with van der Waals surface area (Å²) in [7, 11) is -6.58. The number of carbonyl (C=O) groups is 1. The van der Waals surface area contributed by atoms with Crippen LogP contribution in [0.25, 0.3) is 0 Å². The van der Waals surface area contributed by atoms with Crippen molar-refractivity contribution in [3.8, 4) is 0 Å². The third kappa shape index (κ3) is 5.76. The second-order valence-corrected chi connectivity index (χ2v) is 9.05. The molecule has 1 rings (SSSR count). The molecule has 1 saturated heterocycles. The van der Waals surface area contributed by atoms with Crippen LogP contribution >= 0.6 is 0 Å². The van der Waals surface area contributed by atoms with E-state index in [4.69, 9.17) is 4.74 Å². The number of hydrogen-bond acceptors (Lipinski definition) is 6. The Kier molecular flexibility index (Phi) is 6.41. The molecule has 0 spiro atoms. The number of nitrogens with one attached hydrogen (secondary N) is 1. The van der Waals surface area contributed by atoms with Crippen molar-refractivity contribution in [2.24, 2.45) is 0 Å². The first kappa shape index (κ1) is 17.4. The first-order valence-electron chi connectivity index (χ1n) is 6.61. The Morgan fingerprint density at radius 3 is 2.45 bits per heavy atom. The van der Waals surface area contributed by atoms with Gasteiger partial charge in [0.15, 0.2) is 0 Å². The summed E-state index contributed by atoms with van der Waals surface area (Å²) in [6, 6.07) is 0. The highest BCUT2D eigenvalue weighted by Gasteiger charge is 2.32. The van der Waals surface area contributed by atoms with Gasteiger partial charge in [-0.2, -0.15) is 0 Å². The lowest BCUT2D eigenvalue weighted by molar-refractivity contribution is -0.143. The number of rotatable bonds is 7. The van der Waals surface area contributed by atoms with E-state index in [9.17, 15) is 21.6 Å². The van der Waals surface area contributed by atoms with Crippen molar-refractivity contribution < 1.29 is 26.4 Å². The highest BCUT2D eigenvalue weighted by Crippen LogP contribution is 2.18. The average Bonchev–Trinajstić information content (AvgIpc) is 2.34. The van der Waals surface area contributed by atoms with E-state index < -0.39 is 25.1 Å². The largest absolute Gasteiger partial charge is 0.466 e. The van der Waals surface area contributed by atoms with Gasteiger partial charge in [0.05, 0.1) is 23.4 Å². The van der Waals surface area contributed by atoms with Crippen LogP contribution in [-0.4, -0.2) is 52.7 Å². The van der Waals surface area contributed by atoms with Crippen molar-refractivity contribution in [2.75, 3.05) is 24.7 Å². The van der Waals surface area contributed by atoms with Crippen molar-refractivity contribution in [1.29, 1.82) is 0 Å². The Bertz CT molecular complexity index is 511. The zero-order valence-electron chi connectivity index (χ0n) is 11.5. The fourth-order valence-corrected chi connectivity index (χ4v) is 5.29. The molecule has 9 heteroatoms. The van der Waals surface area contributed by atoms with Gasteiger partial charge < -0.3 is 4.74 Å². The number of esters is 1. The van der Waals surface area contributed by atoms with Gasteiger partial charge >= 0.3 is 5.97 Å². The number of carbonyl (C=O) groups excluding carboxylic acids is 1. The first-order valence-corrected chi connectivity index (χ1v) is 9.98. The van der Waals surface area contributed by atoms with E-state index in [1.54, 1.807) is 6.92 Å². The third-order valence-corrected chi connectivity index (χ3v) is 6.78. The summed E-state index contributed by atoms with van der Waals surface area (Å²) in [6.07, 6.45) is 0.795. The lowest BCUT2D eigenvalue weighted by Gasteiger charge is -2.22. The van der Waals surface area contributed by atoms with E-state index in [0.717, 1.165) is 0 Å². The summed E-state index contributed by atoms with van der Waals surface area (Å²) in [5.74, 6) is -0.515. The van der Waals surface area contributed by atoms with E-state index in [1.165, 1.54) is 0 Å². The molecule has 1 aliphatic heterocycles. The van der Waals surface area contributed by atoms with Gasteiger partial charge in [-0.3, -0.25) is 4.79 Å². The van der Waals surface area contributed by atoms with E-state index in [2.05, 4.69) is 4.72 Å². The Labute approximate surface area is 120 Å². The Morgan fingerprint density at radius 2 is 1.90 bits per heavy atom. The van der Waals surface area contributed by atoms with Crippen molar-refractivity contribution in [1.82, 2.24) is 4.72 Å². The van der Waals surface area contributed by atoms with Gasteiger partial charge in [-0.05, 0) is 26.2 Å². The minimum absolute atomic E-state index is 0.0819. The first-order chi connectivity index (χ1) is 9.27. The van der Waals surface area contributed by atoms with Crippen molar-refractivity contribution in [3.63, 3.8) is 0 Å². The quantitative estimate of drug-likeness (QED) is 0.514. The second-order valence-electron chi connectivity index (χ2n) is 4.70. The molecule has 118 valence electrons. The molecule has 0 bridgehead atoms. The van der Waals surface area contributed by atoms with E-state index in [0.29, 0.717) is 13.0 Å². The summed E-state index contributed by atoms with van der Waals surface area (Å²) < 4.78 is 53.6. The molecule has 0 unspecified atom stereocenters. The molecule has 0 atom stereocenters. The minimum Gasteiger partial charge on any atom is -0.466 e. The van der Waals surface area contributed by atoms with Crippen molar-refractivity contribution in [2.45, 2.75) is 37.9 Å². The topological polar surface area (TPSA) is 107 Å². The highest BCUT2D eigenvalue weighted by atomic mass is 32.2. The maximum absolute atomic E-state index is 11.9. The highest BCUT2D eigenvalue weighted by molar-refractivity contribution is 7.92. The maximum atomic E-state index is 11.9. The molecule has 0 aliphatic carbocycles. The van der Waals surface area contributed by atoms with Crippen LogP contribution in [0.5, 0.6) is 0 Å². The molecule has 0 saturated carbocycles. The standard InChI is InChI=1S/C11H21NO6S2/c1-2-18-11(13)4-3-7-12-20(16,17)10-5-8-19(14,15)9-6-10/h10,12H,2-9H2,1H3. The molecule has 20 heavy (non-hydrogen) atoms. The molecule has 0 aromatic rings. The summed E-state index contributed by atoms with van der Waals surface area (Å²) in [4.78, 5) is 11.1. The number of sulfonamides is 1. The molecule has 7 nitrogen and oxygen atoms in total. The Balaban J connectivity index is 2.34. The fraction of sp³-hybridized carbons (Fsp3) is 0.909. The van der Waals surface area contributed by atoms with Crippen LogP contribution in [0.4, 0.5) is 0 Å². The summed E-state index contributed by atoms with van der Waals surface area (Å²) >= 11 is 0. The predicted octanol–water partition coefficient (Wildman–Crippen LogP) is -0.174. The van der Waals surface area contributed by atoms with E-state index in [1.807, 2.05) is 0 Å². The summed E-state index contributed by atoms with van der Waals surface area (Å²) in [5, 5.41) is -0.659. The second kappa shape index (κ2) is 7.37. The zero-order valence-corrected chi connectivity index (χ0v) is 13.1. The van der Waals surface area contributed by atoms with E-state index >= 15 is 0 Å². The Morgan fingerprint density at radius 1 is 1.30 bits per heavy atom. The maximum Gasteiger partial charge on any atom is 0.305 e. The SMILES string of the molecule is CCOC(=O)CCCNS(=O)(=O)C1CCS(=O)(=O)CC1. The molecular weight excluding hydrogens is 306 g/mol. The monoisotopic (exact) mass is 327 g/mol. The van der Waals surface area contributed by atoms with Crippen LogP contribution in [0.15, 0.2) is 0 Å². The van der Waals surface area contributed by atoms with Gasteiger partial charge in [0, 0.05) is 13.0 Å². The lowest BCUT2D eigenvalue weighted by Crippen LogP contribution is -2.40. The van der Waals surface area contributed by atoms with Gasteiger partial charge in [-0.25, -0.2) is 21.6 Å². The lowest BCUT2D eigenvalue weighted by atomic mass is 10.2. The molecular formula is C11H21NO6S2. The normalized spacial score (nSPS) is 19.6. The summed E-state index contributed by atoms with van der Waals surface area (Å²) in [6.45, 7) is 2.17. The van der Waals surface area contributed by atoms with Crippen molar-refractivity contribution in [3.05, 3.63) is 0 Å². The van der Waals surface area contributed by atoms with Gasteiger partial charge in [0.1, 0.15) is 9.84 Å². The van der Waals surface area contributed by atoms with Crippen LogP contribution in [0.2, 0.25) is 0 Å². The number of sulfone groups is 1. The Hall–Kier alpha value is -0.670. The van der Waals surface area contributed by atoms with Gasteiger partial charge in [-0.15, -0.1) is 0 Å². The van der Waals surface area contributed by atoms with Gasteiger partial charge in [0.25, 0.3) is 0 Å². The average molecular weight is 327 g/mol. The van der Waals surface area contributed by atoms with Crippen LogP contribution in [-0.2, 0) is 29.4 Å². The molecule has 1 fully saturated rings. The molecule has 0 radical (unpaired) electrons. The van der Waals surface area contributed by atoms with Crippen LogP contribution in [0.3, 0.4) is 0 Å². The molecule has 0 aromatic heterocycles. The molecule has 1 aliphatic rings. The molecule has 0 aromatic carbocycles. The van der Waals surface area contributed by atoms with E-state index in [-0.39, 0.29) is 43.3 Å². The smallest absolute Gasteiger partial charge is 0.305 e. The van der Waals surface area contributed by atoms with Crippen LogP contribution < -0.4 is 4.72 Å². The third-order valence-electron chi connectivity index (χ3n) is 3.11. The number of hydrogen-bond donors (Lipinski definition) is 1. The van der Waals surface area contributed by atoms with Crippen LogP contribution in [0, 0.1) is 0 Å². The fourth-order valence-electron chi connectivity index (χ4n) is 1.98.